The second-order valence-corrected chi connectivity index (χ2v) is 9.49. The number of carbonyl (C=O) groups excluding carboxylic acids is 1. The van der Waals surface area contributed by atoms with Gasteiger partial charge < -0.3 is 9.88 Å². The predicted octanol–water partition coefficient (Wildman–Crippen LogP) is 2.13. The standard InChI is InChI=1S/C17H26N2O3S/c20-16(18-15-6-11-23(21,22)13-15)12-17(7-2-1-3-8-17)14-19-9-4-5-10-19/h4-5,9-10,15H,1-3,6-8,11-14H2,(H,18,20). The zero-order valence-electron chi connectivity index (χ0n) is 13.5. The number of aromatic nitrogens is 1. The van der Waals surface area contributed by atoms with Crippen LogP contribution in [0.15, 0.2) is 24.5 Å². The van der Waals surface area contributed by atoms with E-state index < -0.39 is 9.84 Å². The van der Waals surface area contributed by atoms with Crippen molar-refractivity contribution in [3.8, 4) is 0 Å². The fraction of sp³-hybridized carbons (Fsp3) is 0.706. The minimum absolute atomic E-state index is 0.0127. The van der Waals surface area contributed by atoms with Gasteiger partial charge in [-0.05, 0) is 36.8 Å². The Balaban J connectivity index is 1.62. The minimum Gasteiger partial charge on any atom is -0.354 e. The summed E-state index contributed by atoms with van der Waals surface area (Å²) in [4.78, 5) is 12.5. The first-order valence-electron chi connectivity index (χ1n) is 8.57. The highest BCUT2D eigenvalue weighted by molar-refractivity contribution is 7.91. The number of nitrogens with zero attached hydrogens (tertiary/aromatic N) is 1. The number of nitrogens with one attached hydrogen (secondary N) is 1. The van der Waals surface area contributed by atoms with Crippen molar-refractivity contribution in [2.45, 2.75) is 57.5 Å². The quantitative estimate of drug-likeness (QED) is 0.894. The normalized spacial score (nSPS) is 26.0. The van der Waals surface area contributed by atoms with Crippen molar-refractivity contribution in [3.63, 3.8) is 0 Å². The zero-order chi connectivity index (χ0) is 16.3. The van der Waals surface area contributed by atoms with Gasteiger partial charge in [0.1, 0.15) is 0 Å². The van der Waals surface area contributed by atoms with Crippen LogP contribution in [0, 0.1) is 5.41 Å². The van der Waals surface area contributed by atoms with Crippen LogP contribution in [0.5, 0.6) is 0 Å². The lowest BCUT2D eigenvalue weighted by Crippen LogP contribution is -2.41. The molecule has 1 aliphatic heterocycles. The molecule has 1 aromatic heterocycles. The molecule has 2 fully saturated rings. The van der Waals surface area contributed by atoms with Gasteiger partial charge in [-0.15, -0.1) is 0 Å². The molecule has 6 heteroatoms. The van der Waals surface area contributed by atoms with Gasteiger partial charge in [-0.1, -0.05) is 19.3 Å². The van der Waals surface area contributed by atoms with Crippen molar-refractivity contribution in [2.75, 3.05) is 11.5 Å². The molecule has 5 nitrogen and oxygen atoms in total. The molecule has 0 spiro atoms. The lowest BCUT2D eigenvalue weighted by Gasteiger charge is -2.37. The topological polar surface area (TPSA) is 68.2 Å². The van der Waals surface area contributed by atoms with E-state index in [1.165, 1.54) is 19.3 Å². The van der Waals surface area contributed by atoms with Gasteiger partial charge >= 0.3 is 0 Å². The Morgan fingerprint density at radius 1 is 1.17 bits per heavy atom. The van der Waals surface area contributed by atoms with E-state index in [2.05, 4.69) is 22.3 Å². The van der Waals surface area contributed by atoms with Gasteiger partial charge in [0.15, 0.2) is 9.84 Å². The van der Waals surface area contributed by atoms with E-state index in [0.29, 0.717) is 12.8 Å². The predicted molar refractivity (Wildman–Crippen MR) is 89.8 cm³/mol. The van der Waals surface area contributed by atoms with Crippen LogP contribution in [0.2, 0.25) is 0 Å². The fourth-order valence-corrected chi connectivity index (χ4v) is 5.76. The Labute approximate surface area is 138 Å². The average molecular weight is 338 g/mol. The molecule has 2 heterocycles. The molecule has 1 amide bonds. The van der Waals surface area contributed by atoms with Crippen LogP contribution >= 0.6 is 0 Å². The van der Waals surface area contributed by atoms with Crippen molar-refractivity contribution in [3.05, 3.63) is 24.5 Å². The van der Waals surface area contributed by atoms with Gasteiger partial charge in [0, 0.05) is 31.4 Å². The highest BCUT2D eigenvalue weighted by Crippen LogP contribution is 2.41. The maximum atomic E-state index is 12.5. The highest BCUT2D eigenvalue weighted by atomic mass is 32.2. The van der Waals surface area contributed by atoms with Gasteiger partial charge in [-0.2, -0.15) is 0 Å². The summed E-state index contributed by atoms with van der Waals surface area (Å²) in [5.41, 5.74) is 0.0127. The fourth-order valence-electron chi connectivity index (χ4n) is 4.08. The number of rotatable bonds is 5. The molecule has 23 heavy (non-hydrogen) atoms. The Hall–Kier alpha value is -1.30. The molecule has 1 N–H and O–H groups in total. The van der Waals surface area contributed by atoms with E-state index in [4.69, 9.17) is 0 Å². The minimum atomic E-state index is -2.95. The molecule has 3 rings (SSSR count). The van der Waals surface area contributed by atoms with Crippen LogP contribution in [-0.4, -0.2) is 36.4 Å². The Bertz CT molecular complexity index is 631. The molecule has 1 unspecified atom stereocenters. The molecule has 0 aromatic carbocycles. The highest BCUT2D eigenvalue weighted by Gasteiger charge is 2.36. The Kier molecular flexibility index (Phi) is 4.80. The number of hydrogen-bond acceptors (Lipinski definition) is 3. The maximum absolute atomic E-state index is 12.5. The number of sulfone groups is 1. The van der Waals surface area contributed by atoms with Crippen molar-refractivity contribution < 1.29 is 13.2 Å². The second-order valence-electron chi connectivity index (χ2n) is 7.26. The molecule has 1 saturated heterocycles. The molecule has 1 aliphatic carbocycles. The Morgan fingerprint density at radius 2 is 1.87 bits per heavy atom. The number of hydrogen-bond donors (Lipinski definition) is 1. The molecule has 2 aliphatic rings. The molecular weight excluding hydrogens is 312 g/mol. The first kappa shape index (κ1) is 16.6. The van der Waals surface area contributed by atoms with Crippen LogP contribution in [0.25, 0.3) is 0 Å². The average Bonchev–Trinajstić information content (AvgIpc) is 3.09. The van der Waals surface area contributed by atoms with Crippen LogP contribution in [0.4, 0.5) is 0 Å². The molecule has 1 saturated carbocycles. The van der Waals surface area contributed by atoms with Gasteiger partial charge in [-0.25, -0.2) is 8.42 Å². The summed E-state index contributed by atoms with van der Waals surface area (Å²) in [5, 5.41) is 2.96. The largest absolute Gasteiger partial charge is 0.354 e. The van der Waals surface area contributed by atoms with Gasteiger partial charge in [0.05, 0.1) is 11.5 Å². The molecular formula is C17H26N2O3S. The van der Waals surface area contributed by atoms with Crippen LogP contribution < -0.4 is 5.32 Å². The third-order valence-corrected chi connectivity index (χ3v) is 7.00. The van der Waals surface area contributed by atoms with Crippen LogP contribution in [0.1, 0.15) is 44.9 Å². The van der Waals surface area contributed by atoms with Crippen molar-refractivity contribution >= 4 is 15.7 Å². The van der Waals surface area contributed by atoms with Gasteiger partial charge in [0.25, 0.3) is 0 Å². The van der Waals surface area contributed by atoms with E-state index in [-0.39, 0.29) is 28.9 Å². The van der Waals surface area contributed by atoms with E-state index in [9.17, 15) is 13.2 Å². The van der Waals surface area contributed by atoms with Crippen molar-refractivity contribution in [1.82, 2.24) is 9.88 Å². The summed E-state index contributed by atoms with van der Waals surface area (Å²) in [5.74, 6) is 0.316. The maximum Gasteiger partial charge on any atom is 0.220 e. The summed E-state index contributed by atoms with van der Waals surface area (Å²) in [6, 6.07) is 3.83. The molecule has 1 atom stereocenters. The van der Waals surface area contributed by atoms with Gasteiger partial charge in [-0.3, -0.25) is 4.79 Å². The second kappa shape index (κ2) is 6.67. The molecule has 128 valence electrons. The number of amides is 1. The number of carbonyl (C=O) groups is 1. The Morgan fingerprint density at radius 3 is 2.48 bits per heavy atom. The SMILES string of the molecule is O=C(CC1(Cn2cccc2)CCCCC1)NC1CCS(=O)(=O)C1. The van der Waals surface area contributed by atoms with E-state index in [1.54, 1.807) is 0 Å². The van der Waals surface area contributed by atoms with Crippen molar-refractivity contribution in [1.29, 1.82) is 0 Å². The van der Waals surface area contributed by atoms with Crippen LogP contribution in [0.3, 0.4) is 0 Å². The summed E-state index contributed by atoms with van der Waals surface area (Å²) in [7, 11) is -2.95. The van der Waals surface area contributed by atoms with Gasteiger partial charge in [0.2, 0.25) is 5.91 Å². The van der Waals surface area contributed by atoms with E-state index >= 15 is 0 Å². The molecule has 0 bridgehead atoms. The van der Waals surface area contributed by atoms with E-state index in [0.717, 1.165) is 19.4 Å². The smallest absolute Gasteiger partial charge is 0.220 e. The third-order valence-electron chi connectivity index (χ3n) is 5.23. The van der Waals surface area contributed by atoms with Crippen molar-refractivity contribution in [2.24, 2.45) is 5.41 Å². The lowest BCUT2D eigenvalue weighted by molar-refractivity contribution is -0.124. The summed E-state index contributed by atoms with van der Waals surface area (Å²) in [6.07, 6.45) is 10.9. The lowest BCUT2D eigenvalue weighted by atomic mass is 9.71. The zero-order valence-corrected chi connectivity index (χ0v) is 14.4. The van der Waals surface area contributed by atoms with Crippen LogP contribution in [-0.2, 0) is 21.2 Å². The first-order valence-corrected chi connectivity index (χ1v) is 10.4. The van der Waals surface area contributed by atoms with E-state index in [1.807, 2.05) is 12.1 Å². The molecule has 1 aromatic rings. The summed E-state index contributed by atoms with van der Waals surface area (Å²) >= 11 is 0. The third kappa shape index (κ3) is 4.37. The summed E-state index contributed by atoms with van der Waals surface area (Å²) < 4.78 is 25.2. The first-order chi connectivity index (χ1) is 11.0. The molecule has 0 radical (unpaired) electrons. The summed E-state index contributed by atoms with van der Waals surface area (Å²) in [6.45, 7) is 0.871. The monoisotopic (exact) mass is 338 g/mol.